The Balaban J connectivity index is 2.01. The van der Waals surface area contributed by atoms with E-state index in [-0.39, 0.29) is 5.91 Å². The van der Waals surface area contributed by atoms with Gasteiger partial charge in [0.15, 0.2) is 0 Å². The van der Waals surface area contributed by atoms with Gasteiger partial charge in [-0.3, -0.25) is 4.79 Å². The summed E-state index contributed by atoms with van der Waals surface area (Å²) >= 11 is 0. The monoisotopic (exact) mass is 287 g/mol. The lowest BCUT2D eigenvalue weighted by atomic mass is 10.0. The number of carbonyl (C=O) groups excluding carboxylic acids is 1. The topological polar surface area (TPSA) is 79.5 Å². The van der Waals surface area contributed by atoms with Gasteiger partial charge in [0.1, 0.15) is 5.69 Å². The number of amides is 1. The number of rotatable bonds is 3. The maximum atomic E-state index is 12.3. The minimum atomic E-state index is -0.739. The molecule has 3 N–H and O–H groups in total. The molecule has 0 radical (unpaired) electrons. The average Bonchev–Trinajstić information content (AvgIpc) is 2.91. The van der Waals surface area contributed by atoms with Gasteiger partial charge in [0.05, 0.1) is 12.1 Å². The summed E-state index contributed by atoms with van der Waals surface area (Å²) in [6.45, 7) is 0.643. The van der Waals surface area contributed by atoms with Crippen molar-refractivity contribution in [3.05, 3.63) is 29.6 Å². The van der Waals surface area contributed by atoms with E-state index in [0.717, 1.165) is 31.2 Å². The third-order valence-electron chi connectivity index (χ3n) is 3.73. The molecule has 2 rings (SSSR count). The quantitative estimate of drug-likeness (QED) is 0.805. The van der Waals surface area contributed by atoms with Crippen LogP contribution in [-0.4, -0.2) is 46.6 Å². The number of carbonyl (C=O) groups is 1. The number of aromatic nitrogens is 1. The Morgan fingerprint density at radius 1 is 1.48 bits per heavy atom. The highest BCUT2D eigenvalue weighted by atomic mass is 16.3. The lowest BCUT2D eigenvalue weighted by Gasteiger charge is -2.28. The van der Waals surface area contributed by atoms with E-state index in [2.05, 4.69) is 16.8 Å². The van der Waals surface area contributed by atoms with Crippen LogP contribution >= 0.6 is 0 Å². The zero-order valence-corrected chi connectivity index (χ0v) is 12.3. The molecule has 1 fully saturated rings. The highest BCUT2D eigenvalue weighted by Gasteiger charge is 2.33. The number of nitrogens with zero attached hydrogens (tertiary/aromatic N) is 2. The van der Waals surface area contributed by atoms with Crippen LogP contribution in [0, 0.1) is 11.8 Å². The summed E-state index contributed by atoms with van der Waals surface area (Å²) in [5.41, 5.74) is 5.66. The molecule has 5 heteroatoms. The number of hydrogen-bond acceptors (Lipinski definition) is 4. The first-order valence-electron chi connectivity index (χ1n) is 7.17. The highest BCUT2D eigenvalue weighted by molar-refractivity contribution is 5.92. The van der Waals surface area contributed by atoms with Crippen molar-refractivity contribution in [3.8, 4) is 11.8 Å². The van der Waals surface area contributed by atoms with Gasteiger partial charge in [0.25, 0.3) is 5.91 Å². The summed E-state index contributed by atoms with van der Waals surface area (Å²) in [5.74, 6) is 5.41. The van der Waals surface area contributed by atoms with E-state index in [9.17, 15) is 9.90 Å². The van der Waals surface area contributed by atoms with E-state index in [0.29, 0.717) is 18.8 Å². The second-order valence-corrected chi connectivity index (χ2v) is 5.53. The van der Waals surface area contributed by atoms with Crippen LogP contribution in [0.25, 0.3) is 0 Å². The SMILES string of the molecule is CN(CC1(O)CCCC1)C(=O)c1ccc(C#CCN)cn1. The van der Waals surface area contributed by atoms with Crippen molar-refractivity contribution in [1.82, 2.24) is 9.88 Å². The molecule has 0 aromatic carbocycles. The summed E-state index contributed by atoms with van der Waals surface area (Å²) in [7, 11) is 1.70. The van der Waals surface area contributed by atoms with Gasteiger partial charge in [0, 0.05) is 25.4 Å². The molecule has 1 aromatic heterocycles. The second kappa shape index (κ2) is 6.70. The summed E-state index contributed by atoms with van der Waals surface area (Å²) in [5, 5.41) is 10.4. The van der Waals surface area contributed by atoms with Gasteiger partial charge in [-0.25, -0.2) is 4.98 Å². The molecule has 5 nitrogen and oxygen atoms in total. The number of pyridine rings is 1. The molecule has 0 saturated heterocycles. The fourth-order valence-corrected chi connectivity index (χ4v) is 2.65. The van der Waals surface area contributed by atoms with Gasteiger partial charge < -0.3 is 15.7 Å². The molecule has 1 aliphatic carbocycles. The van der Waals surface area contributed by atoms with Crippen LogP contribution in [0.4, 0.5) is 0 Å². The van der Waals surface area contributed by atoms with Crippen LogP contribution in [0.2, 0.25) is 0 Å². The van der Waals surface area contributed by atoms with Crippen LogP contribution in [-0.2, 0) is 0 Å². The summed E-state index contributed by atoms with van der Waals surface area (Å²) in [6, 6.07) is 3.40. The van der Waals surface area contributed by atoms with Gasteiger partial charge in [-0.1, -0.05) is 24.7 Å². The predicted octanol–water partition coefficient (Wildman–Crippen LogP) is 0.769. The molecule has 21 heavy (non-hydrogen) atoms. The minimum absolute atomic E-state index is 0.186. The molecule has 112 valence electrons. The number of likely N-dealkylation sites (N-methyl/N-ethyl adjacent to an activating group) is 1. The second-order valence-electron chi connectivity index (χ2n) is 5.53. The predicted molar refractivity (Wildman–Crippen MR) is 80.5 cm³/mol. The number of hydrogen-bond donors (Lipinski definition) is 2. The van der Waals surface area contributed by atoms with Gasteiger partial charge in [-0.2, -0.15) is 0 Å². The Morgan fingerprint density at radius 3 is 2.76 bits per heavy atom. The lowest BCUT2D eigenvalue weighted by Crippen LogP contribution is -2.42. The summed E-state index contributed by atoms with van der Waals surface area (Å²) in [6.07, 6.45) is 5.11. The first-order chi connectivity index (χ1) is 10.0. The average molecular weight is 287 g/mol. The zero-order valence-electron chi connectivity index (χ0n) is 12.3. The largest absolute Gasteiger partial charge is 0.388 e. The molecule has 1 saturated carbocycles. The third-order valence-corrected chi connectivity index (χ3v) is 3.73. The molecular weight excluding hydrogens is 266 g/mol. The van der Waals surface area contributed by atoms with E-state index in [1.54, 1.807) is 30.3 Å². The molecule has 1 amide bonds. The van der Waals surface area contributed by atoms with Crippen molar-refractivity contribution in [1.29, 1.82) is 0 Å². The molecule has 1 aromatic rings. The Labute approximate surface area is 125 Å². The van der Waals surface area contributed by atoms with Gasteiger partial charge in [-0.15, -0.1) is 0 Å². The van der Waals surface area contributed by atoms with Crippen molar-refractivity contribution in [2.45, 2.75) is 31.3 Å². The molecule has 0 atom stereocenters. The zero-order chi connectivity index (χ0) is 15.3. The van der Waals surface area contributed by atoms with Crippen LogP contribution in [0.1, 0.15) is 41.7 Å². The maximum absolute atomic E-state index is 12.3. The molecule has 0 aliphatic heterocycles. The fraction of sp³-hybridized carbons (Fsp3) is 0.500. The van der Waals surface area contributed by atoms with E-state index >= 15 is 0 Å². The smallest absolute Gasteiger partial charge is 0.272 e. The van der Waals surface area contributed by atoms with Crippen LogP contribution in [0.3, 0.4) is 0 Å². The van der Waals surface area contributed by atoms with Crippen molar-refractivity contribution >= 4 is 5.91 Å². The Hall–Kier alpha value is -1.90. The standard InChI is InChI=1S/C16H21N3O2/c1-19(12-16(21)8-2-3-9-16)15(20)14-7-6-13(11-18-14)5-4-10-17/h6-7,11,21H,2-3,8-10,12,17H2,1H3. The van der Waals surface area contributed by atoms with E-state index in [4.69, 9.17) is 5.73 Å². The van der Waals surface area contributed by atoms with Crippen LogP contribution < -0.4 is 5.73 Å². The van der Waals surface area contributed by atoms with E-state index in [1.807, 2.05) is 0 Å². The normalized spacial score (nSPS) is 16.1. The molecule has 0 unspecified atom stereocenters. The van der Waals surface area contributed by atoms with Crippen molar-refractivity contribution in [2.75, 3.05) is 20.1 Å². The molecule has 0 bridgehead atoms. The lowest BCUT2D eigenvalue weighted by molar-refractivity contribution is 0.0155. The van der Waals surface area contributed by atoms with Crippen molar-refractivity contribution in [2.24, 2.45) is 5.73 Å². The molecular formula is C16H21N3O2. The van der Waals surface area contributed by atoms with Crippen LogP contribution in [0.15, 0.2) is 18.3 Å². The Morgan fingerprint density at radius 2 is 2.19 bits per heavy atom. The first-order valence-corrected chi connectivity index (χ1v) is 7.17. The molecule has 1 aliphatic rings. The van der Waals surface area contributed by atoms with Gasteiger partial charge >= 0.3 is 0 Å². The Bertz CT molecular complexity index is 551. The number of nitrogens with two attached hydrogens (primary N) is 1. The summed E-state index contributed by atoms with van der Waals surface area (Å²) in [4.78, 5) is 18.0. The van der Waals surface area contributed by atoms with E-state index < -0.39 is 5.60 Å². The van der Waals surface area contributed by atoms with Crippen molar-refractivity contribution < 1.29 is 9.90 Å². The van der Waals surface area contributed by atoms with Crippen molar-refractivity contribution in [3.63, 3.8) is 0 Å². The Kier molecular flexibility index (Phi) is 4.94. The molecule has 0 spiro atoms. The summed E-state index contributed by atoms with van der Waals surface area (Å²) < 4.78 is 0. The van der Waals surface area contributed by atoms with E-state index in [1.165, 1.54) is 0 Å². The first kappa shape index (κ1) is 15.5. The third kappa shape index (κ3) is 4.03. The minimum Gasteiger partial charge on any atom is -0.388 e. The van der Waals surface area contributed by atoms with Crippen LogP contribution in [0.5, 0.6) is 0 Å². The number of aliphatic hydroxyl groups is 1. The van der Waals surface area contributed by atoms with Gasteiger partial charge in [-0.05, 0) is 25.0 Å². The highest BCUT2D eigenvalue weighted by Crippen LogP contribution is 2.30. The molecule has 1 heterocycles. The maximum Gasteiger partial charge on any atom is 0.272 e. The fourth-order valence-electron chi connectivity index (χ4n) is 2.65. The van der Waals surface area contributed by atoms with Gasteiger partial charge in [0.2, 0.25) is 0 Å².